The second-order valence-corrected chi connectivity index (χ2v) is 8.76. The number of nitrogens with zero attached hydrogens (tertiary/aromatic N) is 2. The van der Waals surface area contributed by atoms with Crippen LogP contribution in [0, 0.1) is 17.1 Å². The number of nitriles is 1. The first-order valence-electron chi connectivity index (χ1n) is 9.73. The molecular formula is C21H23FN4O3S. The third kappa shape index (κ3) is 5.34. The van der Waals surface area contributed by atoms with Crippen LogP contribution < -0.4 is 14.9 Å². The predicted octanol–water partition coefficient (Wildman–Crippen LogP) is 3.26. The minimum absolute atomic E-state index is 0.00301. The number of carbonyl (C=O) groups is 1. The monoisotopic (exact) mass is 430 g/mol. The molecule has 2 N–H and O–H groups in total. The number of benzene rings is 2. The van der Waals surface area contributed by atoms with Crippen LogP contribution in [0.1, 0.15) is 36.0 Å². The second kappa shape index (κ2) is 9.69. The molecule has 1 aliphatic heterocycles. The topological polar surface area (TPSA) is 102 Å². The van der Waals surface area contributed by atoms with Crippen LogP contribution in [0.15, 0.2) is 47.4 Å². The van der Waals surface area contributed by atoms with Crippen LogP contribution in [0.2, 0.25) is 0 Å². The SMILES string of the molecule is N#CCCNS(=O)(=O)c1ccc(C(=O)Nc2cc(F)ccc2N2CCCCC2)cc1. The zero-order chi connectivity index (χ0) is 21.6. The van der Waals surface area contributed by atoms with Crippen LogP contribution in [0.3, 0.4) is 0 Å². The van der Waals surface area contributed by atoms with Gasteiger partial charge < -0.3 is 10.2 Å². The molecule has 158 valence electrons. The van der Waals surface area contributed by atoms with Gasteiger partial charge in [-0.25, -0.2) is 17.5 Å². The zero-order valence-corrected chi connectivity index (χ0v) is 17.2. The van der Waals surface area contributed by atoms with Crippen LogP contribution in [0.5, 0.6) is 0 Å². The highest BCUT2D eigenvalue weighted by Gasteiger charge is 2.18. The normalized spacial score (nSPS) is 14.2. The zero-order valence-electron chi connectivity index (χ0n) is 16.4. The number of amides is 1. The summed E-state index contributed by atoms with van der Waals surface area (Å²) in [5.74, 6) is -0.906. The molecule has 0 aliphatic carbocycles. The summed E-state index contributed by atoms with van der Waals surface area (Å²) in [6.07, 6.45) is 3.30. The molecule has 1 heterocycles. The number of rotatable bonds is 7. The molecule has 0 radical (unpaired) electrons. The summed E-state index contributed by atoms with van der Waals surface area (Å²) in [5, 5.41) is 11.3. The Hall–Kier alpha value is -2.96. The number of carbonyl (C=O) groups excluding carboxylic acids is 1. The first-order chi connectivity index (χ1) is 14.4. The van der Waals surface area contributed by atoms with E-state index in [2.05, 4.69) is 14.9 Å². The summed E-state index contributed by atoms with van der Waals surface area (Å²) >= 11 is 0. The average Bonchev–Trinajstić information content (AvgIpc) is 2.75. The number of sulfonamides is 1. The van der Waals surface area contributed by atoms with Crippen LogP contribution in [0.4, 0.5) is 15.8 Å². The predicted molar refractivity (Wildman–Crippen MR) is 112 cm³/mol. The molecule has 0 spiro atoms. The van der Waals surface area contributed by atoms with Crippen molar-refractivity contribution in [2.75, 3.05) is 29.9 Å². The lowest BCUT2D eigenvalue weighted by atomic mass is 10.1. The number of hydrogen-bond acceptors (Lipinski definition) is 5. The van der Waals surface area contributed by atoms with Crippen molar-refractivity contribution in [3.05, 3.63) is 53.8 Å². The van der Waals surface area contributed by atoms with Crippen LogP contribution in [-0.4, -0.2) is 34.0 Å². The fraction of sp³-hybridized carbons (Fsp3) is 0.333. The highest BCUT2D eigenvalue weighted by molar-refractivity contribution is 7.89. The van der Waals surface area contributed by atoms with Crippen molar-refractivity contribution < 1.29 is 17.6 Å². The van der Waals surface area contributed by atoms with Gasteiger partial charge in [-0.3, -0.25) is 4.79 Å². The van der Waals surface area contributed by atoms with Crippen LogP contribution >= 0.6 is 0 Å². The Kier molecular flexibility index (Phi) is 7.03. The van der Waals surface area contributed by atoms with E-state index in [0.717, 1.165) is 38.0 Å². The first kappa shape index (κ1) is 21.7. The van der Waals surface area contributed by atoms with E-state index in [1.54, 1.807) is 6.07 Å². The molecule has 9 heteroatoms. The number of hydrogen-bond donors (Lipinski definition) is 2. The Morgan fingerprint density at radius 1 is 1.10 bits per heavy atom. The molecule has 7 nitrogen and oxygen atoms in total. The van der Waals surface area contributed by atoms with E-state index in [0.29, 0.717) is 5.69 Å². The summed E-state index contributed by atoms with van der Waals surface area (Å²) in [5.41, 5.74) is 1.40. The van der Waals surface area contributed by atoms with Crippen molar-refractivity contribution in [3.8, 4) is 6.07 Å². The third-order valence-corrected chi connectivity index (χ3v) is 6.34. The molecule has 1 fully saturated rings. The van der Waals surface area contributed by atoms with Gasteiger partial charge in [0, 0.05) is 31.6 Å². The maximum atomic E-state index is 13.8. The molecule has 0 bridgehead atoms. The van der Waals surface area contributed by atoms with E-state index < -0.39 is 21.7 Å². The van der Waals surface area contributed by atoms with Gasteiger partial charge in [0.1, 0.15) is 5.82 Å². The Balaban J connectivity index is 1.75. The second-order valence-electron chi connectivity index (χ2n) is 6.99. The molecule has 0 saturated carbocycles. The largest absolute Gasteiger partial charge is 0.370 e. The highest BCUT2D eigenvalue weighted by atomic mass is 32.2. The lowest BCUT2D eigenvalue weighted by Crippen LogP contribution is -2.30. The summed E-state index contributed by atoms with van der Waals surface area (Å²) in [7, 11) is -3.75. The lowest BCUT2D eigenvalue weighted by molar-refractivity contribution is 0.102. The van der Waals surface area contributed by atoms with Crippen LogP contribution in [-0.2, 0) is 10.0 Å². The number of nitrogens with one attached hydrogen (secondary N) is 2. The van der Waals surface area contributed by atoms with Crippen molar-refractivity contribution in [2.45, 2.75) is 30.6 Å². The highest BCUT2D eigenvalue weighted by Crippen LogP contribution is 2.29. The quantitative estimate of drug-likeness (QED) is 0.657. The smallest absolute Gasteiger partial charge is 0.255 e. The summed E-state index contributed by atoms with van der Waals surface area (Å²) in [4.78, 5) is 14.8. The van der Waals surface area contributed by atoms with Gasteiger partial charge in [0.25, 0.3) is 5.91 Å². The standard InChI is InChI=1S/C21H23FN4O3S/c22-17-7-10-20(26-13-2-1-3-14-26)19(15-17)25-21(27)16-5-8-18(9-6-16)30(28,29)24-12-4-11-23/h5-10,15,24H,1-4,12-14H2,(H,25,27). The van der Waals surface area contributed by atoms with Crippen LogP contribution in [0.25, 0.3) is 0 Å². The van der Waals surface area contributed by atoms with Crippen molar-refractivity contribution in [1.29, 1.82) is 5.26 Å². The van der Waals surface area contributed by atoms with Gasteiger partial charge in [0.2, 0.25) is 10.0 Å². The number of anilines is 2. The van der Waals surface area contributed by atoms with Gasteiger partial charge in [-0.2, -0.15) is 5.26 Å². The minimum Gasteiger partial charge on any atom is -0.370 e. The Labute approximate surface area is 175 Å². The van der Waals surface area contributed by atoms with Gasteiger partial charge in [0.05, 0.1) is 22.3 Å². The molecule has 30 heavy (non-hydrogen) atoms. The van der Waals surface area contributed by atoms with Crippen molar-refractivity contribution in [1.82, 2.24) is 4.72 Å². The van der Waals surface area contributed by atoms with Crippen molar-refractivity contribution in [3.63, 3.8) is 0 Å². The molecule has 2 aromatic rings. The third-order valence-electron chi connectivity index (χ3n) is 4.86. The molecule has 1 amide bonds. The van der Waals surface area contributed by atoms with Gasteiger partial charge in [-0.1, -0.05) is 0 Å². The van der Waals surface area contributed by atoms with Gasteiger partial charge in [0.15, 0.2) is 0 Å². The van der Waals surface area contributed by atoms with Crippen molar-refractivity contribution in [2.24, 2.45) is 0 Å². The molecule has 0 atom stereocenters. The number of halogens is 1. The average molecular weight is 431 g/mol. The molecule has 1 aliphatic rings. The van der Waals surface area contributed by atoms with Gasteiger partial charge in [-0.15, -0.1) is 0 Å². The van der Waals surface area contributed by atoms with Gasteiger partial charge in [-0.05, 0) is 61.7 Å². The lowest BCUT2D eigenvalue weighted by Gasteiger charge is -2.30. The fourth-order valence-corrected chi connectivity index (χ4v) is 4.36. The van der Waals surface area contributed by atoms with E-state index in [1.807, 2.05) is 6.07 Å². The summed E-state index contributed by atoms with van der Waals surface area (Å²) in [6.45, 7) is 1.71. The molecule has 0 aromatic heterocycles. The van der Waals surface area contributed by atoms with E-state index in [9.17, 15) is 17.6 Å². The maximum absolute atomic E-state index is 13.8. The Bertz CT molecular complexity index is 1040. The van der Waals surface area contributed by atoms with E-state index in [1.165, 1.54) is 36.4 Å². The molecule has 1 saturated heterocycles. The molecule has 0 unspecified atom stereocenters. The Morgan fingerprint density at radius 3 is 2.47 bits per heavy atom. The maximum Gasteiger partial charge on any atom is 0.255 e. The van der Waals surface area contributed by atoms with E-state index in [4.69, 9.17) is 5.26 Å². The van der Waals surface area contributed by atoms with Crippen molar-refractivity contribution >= 4 is 27.3 Å². The number of piperidine rings is 1. The fourth-order valence-electron chi connectivity index (χ4n) is 3.32. The van der Waals surface area contributed by atoms with E-state index in [-0.39, 0.29) is 23.4 Å². The Morgan fingerprint density at radius 2 is 1.80 bits per heavy atom. The van der Waals surface area contributed by atoms with E-state index >= 15 is 0 Å². The molecular weight excluding hydrogens is 407 g/mol. The molecule has 3 rings (SSSR count). The minimum atomic E-state index is -3.75. The molecule has 2 aromatic carbocycles. The first-order valence-corrected chi connectivity index (χ1v) is 11.2. The summed E-state index contributed by atoms with van der Waals surface area (Å²) in [6, 6.07) is 11.6. The summed E-state index contributed by atoms with van der Waals surface area (Å²) < 4.78 is 40.5. The van der Waals surface area contributed by atoms with Gasteiger partial charge >= 0.3 is 0 Å².